The molecule has 35 heavy (non-hydrogen) atoms. The Morgan fingerprint density at radius 2 is 1.60 bits per heavy atom. The smallest absolute Gasteiger partial charge is 0.252 e. The first kappa shape index (κ1) is 26.9. The average Bonchev–Trinajstić information content (AvgIpc) is 3.24. The molecule has 0 aromatic carbocycles. The molecule has 2 saturated heterocycles. The Labute approximate surface area is 211 Å². The van der Waals surface area contributed by atoms with Crippen LogP contribution in [0.25, 0.3) is 0 Å². The first-order chi connectivity index (χ1) is 16.5. The van der Waals surface area contributed by atoms with Gasteiger partial charge in [-0.1, -0.05) is 0 Å². The van der Waals surface area contributed by atoms with Crippen LogP contribution in [-0.2, 0) is 24.2 Å². The summed E-state index contributed by atoms with van der Waals surface area (Å²) in [4.78, 5) is 32.5. The van der Waals surface area contributed by atoms with Crippen molar-refractivity contribution in [1.82, 2.24) is 14.7 Å². The Hall–Kier alpha value is -1.19. The normalized spacial score (nSPS) is 38.5. The summed E-state index contributed by atoms with van der Waals surface area (Å²) in [5.74, 6) is 1.16. The summed E-state index contributed by atoms with van der Waals surface area (Å²) in [5, 5.41) is -0.202. The van der Waals surface area contributed by atoms with E-state index in [-0.39, 0.29) is 47.4 Å². The third-order valence-corrected chi connectivity index (χ3v) is 10.8. The maximum Gasteiger partial charge on any atom is 0.252 e. The van der Waals surface area contributed by atoms with E-state index in [1.807, 2.05) is 19.0 Å². The minimum atomic E-state index is -2.98. The molecule has 2 heterocycles. The van der Waals surface area contributed by atoms with E-state index < -0.39 is 9.84 Å². The molecule has 6 atom stereocenters. The lowest BCUT2D eigenvalue weighted by Gasteiger charge is -2.55. The van der Waals surface area contributed by atoms with Gasteiger partial charge in [-0.2, -0.15) is 0 Å². The first-order valence-electron chi connectivity index (χ1n) is 13.5. The van der Waals surface area contributed by atoms with Crippen LogP contribution in [0.2, 0.25) is 0 Å². The fourth-order valence-corrected chi connectivity index (χ4v) is 8.61. The van der Waals surface area contributed by atoms with Crippen LogP contribution in [0.3, 0.4) is 0 Å². The topological polar surface area (TPSA) is 87.2 Å². The molecule has 4 rings (SSSR count). The molecule has 5 unspecified atom stereocenters. The minimum absolute atomic E-state index is 0.00146. The number of hydrogen-bond acceptors (Lipinski definition) is 6. The van der Waals surface area contributed by atoms with Crippen molar-refractivity contribution in [2.24, 2.45) is 11.8 Å². The van der Waals surface area contributed by atoms with Crippen LogP contribution in [0.1, 0.15) is 71.6 Å². The number of sulfone groups is 1. The molecule has 8 nitrogen and oxygen atoms in total. The molecule has 4 aliphatic rings. The average molecular weight is 512 g/mol. The summed E-state index contributed by atoms with van der Waals surface area (Å²) in [5.41, 5.74) is 0. The second-order valence-electron chi connectivity index (χ2n) is 11.9. The van der Waals surface area contributed by atoms with Crippen LogP contribution in [0, 0.1) is 11.8 Å². The highest BCUT2D eigenvalue weighted by Gasteiger charge is 2.49. The lowest BCUT2D eigenvalue weighted by molar-refractivity contribution is -0.162. The van der Waals surface area contributed by atoms with Crippen molar-refractivity contribution in [2.75, 3.05) is 33.4 Å². The molecule has 2 amide bonds. The van der Waals surface area contributed by atoms with E-state index in [1.54, 1.807) is 6.92 Å². The summed E-state index contributed by atoms with van der Waals surface area (Å²) in [6.07, 6.45) is 8.95. The number of fused-ring (bicyclic) bond motifs is 1. The quantitative estimate of drug-likeness (QED) is 0.563. The van der Waals surface area contributed by atoms with E-state index in [0.717, 1.165) is 64.3 Å². The molecule has 0 radical (unpaired) electrons. The van der Waals surface area contributed by atoms with Gasteiger partial charge in [-0.15, -0.1) is 0 Å². The Morgan fingerprint density at radius 1 is 0.943 bits per heavy atom. The fraction of sp³-hybridized carbons (Fsp3) is 0.923. The molecule has 2 saturated carbocycles. The van der Waals surface area contributed by atoms with Crippen molar-refractivity contribution in [1.29, 1.82) is 0 Å². The van der Waals surface area contributed by atoms with E-state index in [4.69, 9.17) is 4.74 Å². The molecular formula is C26H45N3O5S. The Bertz CT molecular complexity index is 885. The zero-order chi connectivity index (χ0) is 25.5. The van der Waals surface area contributed by atoms with Gasteiger partial charge in [0.1, 0.15) is 15.9 Å². The van der Waals surface area contributed by atoms with Crippen LogP contribution < -0.4 is 0 Å². The van der Waals surface area contributed by atoms with E-state index in [2.05, 4.69) is 16.7 Å². The number of carbonyl (C=O) groups is 2. The van der Waals surface area contributed by atoms with E-state index >= 15 is 0 Å². The highest BCUT2D eigenvalue weighted by Crippen LogP contribution is 2.44. The molecule has 0 aromatic rings. The number of nitrogens with zero attached hydrogens (tertiary/aromatic N) is 3. The Kier molecular flexibility index (Phi) is 8.18. The van der Waals surface area contributed by atoms with Gasteiger partial charge >= 0.3 is 0 Å². The largest absolute Gasteiger partial charge is 0.364 e. The fourth-order valence-electron chi connectivity index (χ4n) is 7.48. The van der Waals surface area contributed by atoms with Crippen molar-refractivity contribution in [3.8, 4) is 0 Å². The summed E-state index contributed by atoms with van der Waals surface area (Å²) in [7, 11) is 1.07. The van der Waals surface area contributed by atoms with E-state index in [9.17, 15) is 18.0 Å². The van der Waals surface area contributed by atoms with Crippen LogP contribution >= 0.6 is 0 Å². The summed E-state index contributed by atoms with van der Waals surface area (Å²) < 4.78 is 30.2. The first-order valence-corrected chi connectivity index (χ1v) is 15.5. The number of likely N-dealkylation sites (N-methyl/N-ethyl adjacent to an activating group) is 1. The molecule has 0 spiro atoms. The number of rotatable bonds is 5. The van der Waals surface area contributed by atoms with Gasteiger partial charge in [0.2, 0.25) is 5.91 Å². The molecule has 0 aromatic heterocycles. The zero-order valence-electron chi connectivity index (χ0n) is 22.2. The minimum Gasteiger partial charge on any atom is -0.364 e. The van der Waals surface area contributed by atoms with Crippen molar-refractivity contribution in [3.05, 3.63) is 0 Å². The second kappa shape index (κ2) is 10.7. The summed E-state index contributed by atoms with van der Waals surface area (Å²) in [6, 6.07) is 0.0756. The van der Waals surface area contributed by atoms with E-state index in [1.165, 1.54) is 6.26 Å². The predicted octanol–water partition coefficient (Wildman–Crippen LogP) is 2.32. The van der Waals surface area contributed by atoms with Gasteiger partial charge in [0, 0.05) is 32.3 Å². The van der Waals surface area contributed by atoms with Crippen LogP contribution in [0.4, 0.5) is 0 Å². The number of carbonyl (C=O) groups excluding carboxylic acids is 2. The van der Waals surface area contributed by atoms with Gasteiger partial charge < -0.3 is 19.4 Å². The molecular weight excluding hydrogens is 466 g/mol. The highest BCUT2D eigenvalue weighted by atomic mass is 32.2. The van der Waals surface area contributed by atoms with Crippen molar-refractivity contribution < 1.29 is 22.7 Å². The van der Waals surface area contributed by atoms with Crippen LogP contribution in [0.5, 0.6) is 0 Å². The van der Waals surface area contributed by atoms with Crippen LogP contribution in [0.15, 0.2) is 0 Å². The van der Waals surface area contributed by atoms with Gasteiger partial charge in [-0.3, -0.25) is 9.59 Å². The monoisotopic (exact) mass is 511 g/mol. The van der Waals surface area contributed by atoms with Gasteiger partial charge in [-0.25, -0.2) is 8.42 Å². The van der Waals surface area contributed by atoms with Crippen molar-refractivity contribution in [2.45, 2.75) is 107 Å². The Balaban J connectivity index is 1.48. The molecule has 0 bridgehead atoms. The standard InChI is InChI=1S/C26H45N3O5S/c1-17-15-28(26(31)25-13-9-21(34-25)16-27(3)4)24-14-20(8-12-23(24)29(17)18(2)30)19-6-10-22(11-7-19)35(5,32)33/h17,19-25H,6-16H2,1-5H3/t17-,19?,20?,21?,22?,23?,24?,25?/m0/s1. The lowest BCUT2D eigenvalue weighted by Crippen LogP contribution is -2.68. The lowest BCUT2D eigenvalue weighted by atomic mass is 9.69. The SMILES string of the molecule is CC(=O)N1C2CCC(C3CCC(S(C)(=O)=O)CC3)CC2N(C(=O)C2CCC(CN(C)C)O2)C[C@@H]1C. The maximum absolute atomic E-state index is 13.8. The zero-order valence-corrected chi connectivity index (χ0v) is 23.0. The third-order valence-electron chi connectivity index (χ3n) is 9.10. The van der Waals surface area contributed by atoms with Crippen molar-refractivity contribution in [3.63, 3.8) is 0 Å². The molecule has 0 N–H and O–H groups in total. The van der Waals surface area contributed by atoms with Crippen molar-refractivity contribution >= 4 is 21.7 Å². The number of piperazine rings is 1. The highest BCUT2D eigenvalue weighted by molar-refractivity contribution is 7.91. The number of ether oxygens (including phenoxy) is 1. The predicted molar refractivity (Wildman–Crippen MR) is 136 cm³/mol. The van der Waals surface area contributed by atoms with Gasteiger partial charge in [0.05, 0.1) is 23.4 Å². The van der Waals surface area contributed by atoms with Crippen LogP contribution in [-0.4, -0.2) is 104 Å². The molecule has 4 fully saturated rings. The molecule has 200 valence electrons. The molecule has 2 aliphatic heterocycles. The molecule has 2 aliphatic carbocycles. The summed E-state index contributed by atoms with van der Waals surface area (Å²) >= 11 is 0. The van der Waals surface area contributed by atoms with Gasteiger partial charge in [0.25, 0.3) is 5.91 Å². The second-order valence-corrected chi connectivity index (χ2v) is 14.3. The third kappa shape index (κ3) is 5.87. The maximum atomic E-state index is 13.8. The summed E-state index contributed by atoms with van der Waals surface area (Å²) in [6.45, 7) is 5.09. The number of hydrogen-bond donors (Lipinski definition) is 0. The molecule has 9 heteroatoms. The Morgan fingerprint density at radius 3 is 2.20 bits per heavy atom. The number of amides is 2. The van der Waals surface area contributed by atoms with Gasteiger partial charge in [-0.05, 0) is 90.6 Å². The van der Waals surface area contributed by atoms with Gasteiger partial charge in [0.15, 0.2) is 0 Å². The van der Waals surface area contributed by atoms with E-state index in [0.29, 0.717) is 18.4 Å².